The minimum atomic E-state index is 0.461. The van der Waals surface area contributed by atoms with Gasteiger partial charge in [-0.2, -0.15) is 0 Å². The van der Waals surface area contributed by atoms with Crippen molar-refractivity contribution in [1.82, 2.24) is 10.2 Å². The van der Waals surface area contributed by atoms with E-state index in [4.69, 9.17) is 4.74 Å². The van der Waals surface area contributed by atoms with E-state index >= 15 is 0 Å². The third-order valence-corrected chi connectivity index (χ3v) is 3.90. The standard InChI is InChI=1S/C14H20N2O/c1-2-11-9-16(8-7-15-11)13-10-17-14-6-4-3-5-12(13)14/h3-6,11,13,15H,2,7-10H2,1H3. The van der Waals surface area contributed by atoms with Crippen molar-refractivity contribution in [2.45, 2.75) is 25.4 Å². The van der Waals surface area contributed by atoms with Gasteiger partial charge in [-0.05, 0) is 12.5 Å². The highest BCUT2D eigenvalue weighted by molar-refractivity contribution is 5.39. The van der Waals surface area contributed by atoms with E-state index in [-0.39, 0.29) is 0 Å². The van der Waals surface area contributed by atoms with Crippen molar-refractivity contribution in [3.8, 4) is 5.75 Å². The number of hydrogen-bond donors (Lipinski definition) is 1. The first-order valence-corrected chi connectivity index (χ1v) is 6.57. The zero-order valence-electron chi connectivity index (χ0n) is 10.4. The molecular weight excluding hydrogens is 212 g/mol. The fraction of sp³-hybridized carbons (Fsp3) is 0.571. The van der Waals surface area contributed by atoms with Crippen molar-refractivity contribution in [1.29, 1.82) is 0 Å². The zero-order chi connectivity index (χ0) is 11.7. The van der Waals surface area contributed by atoms with Crippen LogP contribution in [-0.4, -0.2) is 37.2 Å². The number of rotatable bonds is 2. The highest BCUT2D eigenvalue weighted by atomic mass is 16.5. The van der Waals surface area contributed by atoms with Crippen LogP contribution in [0.4, 0.5) is 0 Å². The van der Waals surface area contributed by atoms with Gasteiger partial charge in [-0.25, -0.2) is 0 Å². The van der Waals surface area contributed by atoms with Crippen LogP contribution in [0.2, 0.25) is 0 Å². The molecule has 2 heterocycles. The molecule has 2 unspecified atom stereocenters. The van der Waals surface area contributed by atoms with Crippen LogP contribution in [0.25, 0.3) is 0 Å². The summed E-state index contributed by atoms with van der Waals surface area (Å²) in [4.78, 5) is 2.57. The largest absolute Gasteiger partial charge is 0.491 e. The Morgan fingerprint density at radius 3 is 3.18 bits per heavy atom. The average molecular weight is 232 g/mol. The molecule has 1 fully saturated rings. The summed E-state index contributed by atoms with van der Waals surface area (Å²) in [7, 11) is 0. The topological polar surface area (TPSA) is 24.5 Å². The predicted molar refractivity (Wildman–Crippen MR) is 68.3 cm³/mol. The summed E-state index contributed by atoms with van der Waals surface area (Å²) in [5, 5.41) is 3.56. The molecule has 0 bridgehead atoms. The van der Waals surface area contributed by atoms with Gasteiger partial charge in [0.05, 0.1) is 6.04 Å². The van der Waals surface area contributed by atoms with Gasteiger partial charge in [0.1, 0.15) is 12.4 Å². The Labute approximate surface area is 103 Å². The third kappa shape index (κ3) is 2.05. The summed E-state index contributed by atoms with van der Waals surface area (Å²) in [6, 6.07) is 9.54. The van der Waals surface area contributed by atoms with E-state index < -0.39 is 0 Å². The SMILES string of the molecule is CCC1CN(C2COc3ccccc32)CCN1. The molecule has 0 aromatic heterocycles. The molecular formula is C14H20N2O. The molecule has 2 aliphatic rings. The van der Waals surface area contributed by atoms with Crippen molar-refractivity contribution < 1.29 is 4.74 Å². The number of para-hydroxylation sites is 1. The first-order valence-electron chi connectivity index (χ1n) is 6.57. The van der Waals surface area contributed by atoms with Gasteiger partial charge in [0.25, 0.3) is 0 Å². The van der Waals surface area contributed by atoms with Gasteiger partial charge < -0.3 is 10.1 Å². The molecule has 3 nitrogen and oxygen atoms in total. The van der Waals surface area contributed by atoms with Crippen LogP contribution in [0.1, 0.15) is 24.9 Å². The fourth-order valence-corrected chi connectivity index (χ4v) is 2.86. The molecule has 3 heteroatoms. The van der Waals surface area contributed by atoms with Gasteiger partial charge >= 0.3 is 0 Å². The van der Waals surface area contributed by atoms with Crippen molar-refractivity contribution in [3.63, 3.8) is 0 Å². The van der Waals surface area contributed by atoms with Crippen LogP contribution in [-0.2, 0) is 0 Å². The van der Waals surface area contributed by atoms with E-state index in [2.05, 4.69) is 35.3 Å². The molecule has 1 saturated heterocycles. The molecule has 1 aromatic rings. The second kappa shape index (κ2) is 4.67. The molecule has 0 radical (unpaired) electrons. The van der Waals surface area contributed by atoms with Crippen LogP contribution in [0.5, 0.6) is 5.75 Å². The van der Waals surface area contributed by atoms with Crippen LogP contribution in [0, 0.1) is 0 Å². The molecule has 17 heavy (non-hydrogen) atoms. The van der Waals surface area contributed by atoms with E-state index in [0.29, 0.717) is 12.1 Å². The maximum absolute atomic E-state index is 5.77. The molecule has 92 valence electrons. The Balaban J connectivity index is 1.77. The quantitative estimate of drug-likeness (QED) is 0.841. The summed E-state index contributed by atoms with van der Waals surface area (Å²) in [5.41, 5.74) is 1.37. The Hall–Kier alpha value is -1.06. The second-order valence-electron chi connectivity index (χ2n) is 4.92. The first-order chi connectivity index (χ1) is 8.38. The molecule has 0 amide bonds. The van der Waals surface area contributed by atoms with Crippen molar-refractivity contribution >= 4 is 0 Å². The lowest BCUT2D eigenvalue weighted by molar-refractivity contribution is 0.121. The minimum Gasteiger partial charge on any atom is -0.491 e. The number of hydrogen-bond acceptors (Lipinski definition) is 3. The van der Waals surface area contributed by atoms with Crippen LogP contribution in [0.3, 0.4) is 0 Å². The summed E-state index contributed by atoms with van der Waals surface area (Å²) in [5.74, 6) is 1.07. The Morgan fingerprint density at radius 1 is 1.41 bits per heavy atom. The molecule has 0 aliphatic carbocycles. The summed E-state index contributed by atoms with van der Waals surface area (Å²) < 4.78 is 5.77. The number of nitrogens with zero attached hydrogens (tertiary/aromatic N) is 1. The molecule has 2 atom stereocenters. The third-order valence-electron chi connectivity index (χ3n) is 3.90. The van der Waals surface area contributed by atoms with E-state index in [9.17, 15) is 0 Å². The van der Waals surface area contributed by atoms with Crippen LogP contribution >= 0.6 is 0 Å². The second-order valence-corrected chi connectivity index (χ2v) is 4.92. The minimum absolute atomic E-state index is 0.461. The maximum Gasteiger partial charge on any atom is 0.124 e. The number of nitrogens with one attached hydrogen (secondary N) is 1. The Bertz CT molecular complexity index is 394. The van der Waals surface area contributed by atoms with Gasteiger partial charge in [-0.3, -0.25) is 4.90 Å². The van der Waals surface area contributed by atoms with Crippen molar-refractivity contribution in [2.75, 3.05) is 26.2 Å². The van der Waals surface area contributed by atoms with Crippen molar-refractivity contribution in [2.24, 2.45) is 0 Å². The molecule has 1 N–H and O–H groups in total. The van der Waals surface area contributed by atoms with Crippen LogP contribution < -0.4 is 10.1 Å². The summed E-state index contributed by atoms with van der Waals surface area (Å²) in [6.07, 6.45) is 1.20. The van der Waals surface area contributed by atoms with E-state index in [1.54, 1.807) is 0 Å². The fourth-order valence-electron chi connectivity index (χ4n) is 2.86. The summed E-state index contributed by atoms with van der Waals surface area (Å²) >= 11 is 0. The highest BCUT2D eigenvalue weighted by Crippen LogP contribution is 2.36. The predicted octanol–water partition coefficient (Wildman–Crippen LogP) is 1.80. The number of ether oxygens (including phenoxy) is 1. The van der Waals surface area contributed by atoms with Crippen LogP contribution in [0.15, 0.2) is 24.3 Å². The number of fused-ring (bicyclic) bond motifs is 1. The van der Waals surface area contributed by atoms with Gasteiger partial charge in [-0.1, -0.05) is 25.1 Å². The van der Waals surface area contributed by atoms with E-state index in [1.807, 2.05) is 6.07 Å². The molecule has 3 rings (SSSR count). The average Bonchev–Trinajstić information content (AvgIpc) is 2.82. The Kier molecular flexibility index (Phi) is 3.04. The van der Waals surface area contributed by atoms with Gasteiger partial charge in [-0.15, -0.1) is 0 Å². The van der Waals surface area contributed by atoms with Crippen molar-refractivity contribution in [3.05, 3.63) is 29.8 Å². The number of benzene rings is 1. The smallest absolute Gasteiger partial charge is 0.124 e. The summed E-state index contributed by atoms with van der Waals surface area (Å²) in [6.45, 7) is 6.42. The Morgan fingerprint density at radius 2 is 2.29 bits per heavy atom. The lowest BCUT2D eigenvalue weighted by atomic mass is 10.0. The van der Waals surface area contributed by atoms with E-state index in [1.165, 1.54) is 12.0 Å². The van der Waals surface area contributed by atoms with Gasteiger partial charge in [0.15, 0.2) is 0 Å². The lowest BCUT2D eigenvalue weighted by Crippen LogP contribution is -2.51. The lowest BCUT2D eigenvalue weighted by Gasteiger charge is -2.36. The van der Waals surface area contributed by atoms with E-state index in [0.717, 1.165) is 32.0 Å². The molecule has 0 saturated carbocycles. The maximum atomic E-state index is 5.77. The first kappa shape index (κ1) is 11.1. The normalized spacial score (nSPS) is 28.8. The van der Waals surface area contributed by atoms with Gasteiger partial charge in [0.2, 0.25) is 0 Å². The molecule has 1 aromatic carbocycles. The number of piperazine rings is 1. The van der Waals surface area contributed by atoms with Gasteiger partial charge in [0, 0.05) is 31.2 Å². The molecule has 2 aliphatic heterocycles. The zero-order valence-corrected chi connectivity index (χ0v) is 10.4. The molecule has 0 spiro atoms. The highest BCUT2D eigenvalue weighted by Gasteiger charge is 2.31. The monoisotopic (exact) mass is 232 g/mol.